The Morgan fingerprint density at radius 1 is 1.16 bits per heavy atom. The lowest BCUT2D eigenvalue weighted by Crippen LogP contribution is -2.50. The van der Waals surface area contributed by atoms with E-state index in [0.29, 0.717) is 44.2 Å². The number of nitriles is 1. The van der Waals surface area contributed by atoms with E-state index < -0.39 is 17.7 Å². The Morgan fingerprint density at radius 2 is 1.94 bits per heavy atom. The maximum absolute atomic E-state index is 13.8. The van der Waals surface area contributed by atoms with E-state index in [1.807, 2.05) is 30.0 Å². The molecule has 4 rings (SSSR count). The summed E-state index contributed by atoms with van der Waals surface area (Å²) in [5.74, 6) is -0.257. The van der Waals surface area contributed by atoms with Crippen LogP contribution in [0.4, 0.5) is 25.1 Å². The number of nitrogens with one attached hydrogen (secondary N) is 1. The number of aromatic nitrogens is 1. The predicted molar refractivity (Wildman–Crippen MR) is 117 cm³/mol. The van der Waals surface area contributed by atoms with Crippen molar-refractivity contribution in [3.63, 3.8) is 0 Å². The van der Waals surface area contributed by atoms with Gasteiger partial charge in [0.2, 0.25) is 0 Å². The van der Waals surface area contributed by atoms with Gasteiger partial charge in [0.25, 0.3) is 0 Å². The second kappa shape index (κ2) is 9.06. The zero-order valence-corrected chi connectivity index (χ0v) is 17.4. The number of benzene rings is 2. The number of piperazine rings is 1. The quantitative estimate of drug-likeness (QED) is 0.664. The lowest BCUT2D eigenvalue weighted by molar-refractivity contribution is 0.208. The summed E-state index contributed by atoms with van der Waals surface area (Å²) in [4.78, 5) is 20.7. The summed E-state index contributed by atoms with van der Waals surface area (Å²) in [6.45, 7) is 4.11. The Hall–Kier alpha value is -3.93. The van der Waals surface area contributed by atoms with Crippen molar-refractivity contribution in [1.29, 1.82) is 5.26 Å². The largest absolute Gasteiger partial charge is 0.494 e. The number of hydrogen-bond donors (Lipinski definition) is 1. The summed E-state index contributed by atoms with van der Waals surface area (Å²) in [6, 6.07) is 12.1. The van der Waals surface area contributed by atoms with Crippen molar-refractivity contribution >= 4 is 28.4 Å². The summed E-state index contributed by atoms with van der Waals surface area (Å²) < 4.78 is 32.4. The molecule has 2 aromatic carbocycles. The van der Waals surface area contributed by atoms with Crippen LogP contribution in [0, 0.1) is 23.0 Å². The van der Waals surface area contributed by atoms with Gasteiger partial charge in [0, 0.05) is 37.6 Å². The number of carbonyl (C=O) groups excluding carboxylic acids is 1. The number of pyridine rings is 1. The lowest BCUT2D eigenvalue weighted by Gasteiger charge is -2.35. The Kier molecular flexibility index (Phi) is 6.03. The van der Waals surface area contributed by atoms with Gasteiger partial charge in [-0.1, -0.05) is 0 Å². The van der Waals surface area contributed by atoms with Crippen LogP contribution in [0.5, 0.6) is 5.75 Å². The third-order valence-corrected chi connectivity index (χ3v) is 5.24. The highest BCUT2D eigenvalue weighted by atomic mass is 19.1. The first-order valence-corrected chi connectivity index (χ1v) is 10.2. The van der Waals surface area contributed by atoms with Crippen LogP contribution in [0.1, 0.15) is 12.5 Å². The summed E-state index contributed by atoms with van der Waals surface area (Å²) in [6.07, 6.45) is 0. The second-order valence-electron chi connectivity index (χ2n) is 7.29. The summed E-state index contributed by atoms with van der Waals surface area (Å²) in [7, 11) is 0. The van der Waals surface area contributed by atoms with Crippen molar-refractivity contribution in [3.8, 4) is 11.8 Å². The van der Waals surface area contributed by atoms with Crippen molar-refractivity contribution < 1.29 is 18.3 Å². The molecule has 0 aliphatic carbocycles. The van der Waals surface area contributed by atoms with E-state index in [2.05, 4.69) is 16.4 Å². The summed E-state index contributed by atoms with van der Waals surface area (Å²) >= 11 is 0. The van der Waals surface area contributed by atoms with Crippen molar-refractivity contribution in [2.45, 2.75) is 6.92 Å². The van der Waals surface area contributed by atoms with Gasteiger partial charge in [0.15, 0.2) is 0 Å². The van der Waals surface area contributed by atoms with Gasteiger partial charge in [0.1, 0.15) is 29.3 Å². The standard InChI is InChI=1S/C23H21F2N5O2/c1-2-32-18-4-6-20-15(12-18)11-16(14-26)22(27-20)29-7-9-30(10-8-29)23(31)28-21-5-3-17(24)13-19(21)25/h3-6,11-13H,2,7-10H2,1H3,(H,28,31). The Bertz CT molecular complexity index is 1200. The first-order valence-electron chi connectivity index (χ1n) is 10.2. The Morgan fingerprint density at radius 3 is 2.62 bits per heavy atom. The average Bonchev–Trinajstić information content (AvgIpc) is 2.80. The molecule has 2 heterocycles. The topological polar surface area (TPSA) is 81.5 Å². The molecule has 0 spiro atoms. The maximum Gasteiger partial charge on any atom is 0.322 e. The van der Waals surface area contributed by atoms with Gasteiger partial charge in [-0.2, -0.15) is 5.26 Å². The number of fused-ring (bicyclic) bond motifs is 1. The first kappa shape index (κ1) is 21.3. The van der Waals surface area contributed by atoms with Gasteiger partial charge < -0.3 is 19.9 Å². The maximum atomic E-state index is 13.8. The number of urea groups is 1. The molecule has 3 aromatic rings. The number of carbonyl (C=O) groups is 1. The predicted octanol–water partition coefficient (Wildman–Crippen LogP) is 4.14. The van der Waals surface area contributed by atoms with Gasteiger partial charge in [-0.15, -0.1) is 0 Å². The van der Waals surface area contributed by atoms with E-state index >= 15 is 0 Å². The molecule has 0 unspecified atom stereocenters. The normalized spacial score (nSPS) is 13.7. The molecular weight excluding hydrogens is 416 g/mol. The number of ether oxygens (including phenoxy) is 1. The SMILES string of the molecule is CCOc1ccc2nc(N3CCN(C(=O)Nc4ccc(F)cc4F)CC3)c(C#N)cc2c1. The molecule has 7 nitrogen and oxygen atoms in total. The molecule has 164 valence electrons. The number of halogens is 2. The number of anilines is 2. The molecule has 1 N–H and O–H groups in total. The second-order valence-corrected chi connectivity index (χ2v) is 7.29. The zero-order valence-electron chi connectivity index (χ0n) is 17.4. The van der Waals surface area contributed by atoms with Crippen LogP contribution >= 0.6 is 0 Å². The van der Waals surface area contributed by atoms with E-state index in [1.165, 1.54) is 6.07 Å². The Balaban J connectivity index is 1.47. The van der Waals surface area contributed by atoms with Crippen LogP contribution < -0.4 is 15.0 Å². The van der Waals surface area contributed by atoms with E-state index in [0.717, 1.165) is 28.8 Å². The molecule has 1 aromatic heterocycles. The van der Waals surface area contributed by atoms with E-state index in [1.54, 1.807) is 11.0 Å². The molecule has 0 saturated carbocycles. The van der Waals surface area contributed by atoms with E-state index in [9.17, 15) is 18.8 Å². The molecule has 1 aliphatic rings. The van der Waals surface area contributed by atoms with Gasteiger partial charge in [-0.3, -0.25) is 0 Å². The summed E-state index contributed by atoms with van der Waals surface area (Å²) in [5.41, 5.74) is 1.11. The fraction of sp³-hybridized carbons (Fsp3) is 0.261. The minimum atomic E-state index is -0.830. The molecule has 1 saturated heterocycles. The van der Waals surface area contributed by atoms with E-state index in [4.69, 9.17) is 4.74 Å². The molecule has 1 aliphatic heterocycles. The monoisotopic (exact) mass is 437 g/mol. The third kappa shape index (κ3) is 4.39. The fourth-order valence-corrected chi connectivity index (χ4v) is 3.63. The van der Waals surface area contributed by atoms with Gasteiger partial charge in [-0.05, 0) is 43.3 Å². The minimum absolute atomic E-state index is 0.0757. The molecule has 1 fully saturated rings. The lowest BCUT2D eigenvalue weighted by atomic mass is 10.1. The van der Waals surface area contributed by atoms with Crippen molar-refractivity contribution in [2.24, 2.45) is 0 Å². The number of rotatable bonds is 4. The van der Waals surface area contributed by atoms with Crippen LogP contribution in [0.2, 0.25) is 0 Å². The minimum Gasteiger partial charge on any atom is -0.494 e. The number of amides is 2. The number of nitrogens with zero attached hydrogens (tertiary/aromatic N) is 4. The fourth-order valence-electron chi connectivity index (χ4n) is 3.63. The van der Waals surface area contributed by atoms with Crippen LogP contribution in [0.15, 0.2) is 42.5 Å². The Labute approximate surface area is 183 Å². The molecular formula is C23H21F2N5O2. The van der Waals surface area contributed by atoms with Gasteiger partial charge >= 0.3 is 6.03 Å². The molecule has 0 radical (unpaired) electrons. The van der Waals surface area contributed by atoms with Crippen LogP contribution in [0.3, 0.4) is 0 Å². The summed E-state index contributed by atoms with van der Waals surface area (Å²) in [5, 5.41) is 12.9. The van der Waals surface area contributed by atoms with Gasteiger partial charge in [0.05, 0.1) is 23.4 Å². The highest BCUT2D eigenvalue weighted by Crippen LogP contribution is 2.27. The molecule has 2 amide bonds. The van der Waals surface area contributed by atoms with E-state index in [-0.39, 0.29) is 5.69 Å². The van der Waals surface area contributed by atoms with Crippen LogP contribution in [-0.4, -0.2) is 48.7 Å². The third-order valence-electron chi connectivity index (χ3n) is 5.24. The first-order chi connectivity index (χ1) is 15.5. The average molecular weight is 437 g/mol. The van der Waals surface area contributed by atoms with Gasteiger partial charge in [-0.25, -0.2) is 18.6 Å². The molecule has 0 bridgehead atoms. The molecule has 0 atom stereocenters. The highest BCUT2D eigenvalue weighted by Gasteiger charge is 2.24. The van der Waals surface area contributed by atoms with Crippen molar-refractivity contribution in [1.82, 2.24) is 9.88 Å². The van der Waals surface area contributed by atoms with Crippen LogP contribution in [-0.2, 0) is 0 Å². The molecule has 9 heteroatoms. The smallest absolute Gasteiger partial charge is 0.322 e. The number of hydrogen-bond acceptors (Lipinski definition) is 5. The van der Waals surface area contributed by atoms with Crippen molar-refractivity contribution in [2.75, 3.05) is 43.0 Å². The highest BCUT2D eigenvalue weighted by molar-refractivity contribution is 5.89. The van der Waals surface area contributed by atoms with Crippen molar-refractivity contribution in [3.05, 3.63) is 59.7 Å². The molecule has 32 heavy (non-hydrogen) atoms. The zero-order chi connectivity index (χ0) is 22.7. The van der Waals surface area contributed by atoms with Crippen LogP contribution in [0.25, 0.3) is 10.9 Å².